The van der Waals surface area contributed by atoms with Gasteiger partial charge in [0.25, 0.3) is 0 Å². The number of para-hydroxylation sites is 1. The Hall–Kier alpha value is -1.58. The van der Waals surface area contributed by atoms with Crippen molar-refractivity contribution >= 4 is 33.2 Å². The summed E-state index contributed by atoms with van der Waals surface area (Å²) in [5.74, 6) is 0.851. The Morgan fingerprint density at radius 3 is 2.55 bits per heavy atom. The molecule has 2 aliphatic rings. The smallest absolute Gasteiger partial charge is 0.238 e. The summed E-state index contributed by atoms with van der Waals surface area (Å²) in [6.07, 6.45) is 8.13. The number of anilines is 2. The van der Waals surface area contributed by atoms with Gasteiger partial charge in [-0.1, -0.05) is 62.1 Å². The summed E-state index contributed by atoms with van der Waals surface area (Å²) in [6, 6.07) is 14.1. The summed E-state index contributed by atoms with van der Waals surface area (Å²) in [7, 11) is 0.353. The fraction of sp³-hybridized carbons (Fsp3) is 0.520. The molecule has 33 heavy (non-hydrogen) atoms. The van der Waals surface area contributed by atoms with Gasteiger partial charge in [-0.25, -0.2) is 13.6 Å². The molecular formula is C25H36N4O2S2. The molecule has 2 unspecified atom stereocenters. The number of sulfonamides is 1. The number of hydrogen-bond acceptors (Lipinski definition) is 6. The molecule has 1 fully saturated rings. The summed E-state index contributed by atoms with van der Waals surface area (Å²) in [5.41, 5.74) is 3.41. The first-order valence-electron chi connectivity index (χ1n) is 11.8. The van der Waals surface area contributed by atoms with Gasteiger partial charge in [0, 0.05) is 23.2 Å². The molecule has 2 atom stereocenters. The van der Waals surface area contributed by atoms with E-state index in [2.05, 4.69) is 46.3 Å². The summed E-state index contributed by atoms with van der Waals surface area (Å²) < 4.78 is 23.8. The highest BCUT2D eigenvalue weighted by Gasteiger charge is 2.34. The zero-order chi connectivity index (χ0) is 23.6. The van der Waals surface area contributed by atoms with Crippen molar-refractivity contribution in [2.45, 2.75) is 73.3 Å². The van der Waals surface area contributed by atoms with Crippen LogP contribution in [0.1, 0.15) is 51.0 Å². The molecule has 0 saturated heterocycles. The van der Waals surface area contributed by atoms with Crippen molar-refractivity contribution in [1.82, 2.24) is 10.2 Å². The fourth-order valence-electron chi connectivity index (χ4n) is 5.02. The van der Waals surface area contributed by atoms with Gasteiger partial charge in [0.05, 0.1) is 10.6 Å². The molecule has 180 valence electrons. The molecule has 0 amide bonds. The number of nitrogens with two attached hydrogens (primary N) is 1. The number of fused-ring (bicyclic) bond motifs is 1. The van der Waals surface area contributed by atoms with Gasteiger partial charge in [-0.15, -0.1) is 0 Å². The van der Waals surface area contributed by atoms with Crippen LogP contribution in [-0.2, 0) is 16.6 Å². The van der Waals surface area contributed by atoms with E-state index in [1.54, 1.807) is 23.9 Å². The van der Waals surface area contributed by atoms with E-state index in [-0.39, 0.29) is 10.4 Å². The van der Waals surface area contributed by atoms with E-state index < -0.39 is 10.0 Å². The number of benzene rings is 2. The molecule has 8 heteroatoms. The third-order valence-electron chi connectivity index (χ3n) is 6.72. The highest BCUT2D eigenvalue weighted by atomic mass is 32.2. The maximum atomic E-state index is 11.9. The van der Waals surface area contributed by atoms with E-state index in [0.717, 1.165) is 28.7 Å². The minimum atomic E-state index is -3.74. The molecule has 3 N–H and O–H groups in total. The predicted octanol–water partition coefficient (Wildman–Crippen LogP) is 4.87. The van der Waals surface area contributed by atoms with E-state index in [1.807, 2.05) is 20.2 Å². The number of nitrogens with zero attached hydrogens (tertiary/aromatic N) is 2. The van der Waals surface area contributed by atoms with Crippen molar-refractivity contribution in [1.29, 1.82) is 0 Å². The van der Waals surface area contributed by atoms with Gasteiger partial charge < -0.3 is 10.2 Å². The van der Waals surface area contributed by atoms with Crippen LogP contribution < -0.4 is 15.4 Å². The third-order valence-corrected chi connectivity index (χ3v) is 9.05. The van der Waals surface area contributed by atoms with Crippen LogP contribution in [0.15, 0.2) is 52.3 Å². The van der Waals surface area contributed by atoms with Crippen LogP contribution in [0.2, 0.25) is 0 Å². The molecular weight excluding hydrogens is 452 g/mol. The number of hydrogen-bond donors (Lipinski definition) is 2. The molecule has 0 bridgehead atoms. The van der Waals surface area contributed by atoms with Crippen LogP contribution in [0, 0.1) is 5.92 Å². The lowest BCUT2D eigenvalue weighted by molar-refractivity contribution is 0.304. The minimum Gasteiger partial charge on any atom is -0.314 e. The van der Waals surface area contributed by atoms with Gasteiger partial charge in [0.2, 0.25) is 10.0 Å². The second-order valence-corrected chi connectivity index (χ2v) is 12.3. The third kappa shape index (κ3) is 5.74. The Morgan fingerprint density at radius 2 is 1.85 bits per heavy atom. The van der Waals surface area contributed by atoms with Gasteiger partial charge >= 0.3 is 0 Å². The first kappa shape index (κ1) is 24.5. The largest absolute Gasteiger partial charge is 0.314 e. The lowest BCUT2D eigenvalue weighted by Crippen LogP contribution is -2.37. The van der Waals surface area contributed by atoms with Crippen LogP contribution >= 0.6 is 11.8 Å². The fourth-order valence-corrected chi connectivity index (χ4v) is 6.89. The molecule has 1 heterocycles. The first-order chi connectivity index (χ1) is 15.7. The summed E-state index contributed by atoms with van der Waals surface area (Å²) in [6.45, 7) is 3.10. The number of rotatable bonds is 8. The molecule has 6 nitrogen and oxygen atoms in total. The predicted molar refractivity (Wildman–Crippen MR) is 137 cm³/mol. The van der Waals surface area contributed by atoms with Crippen molar-refractivity contribution in [3.63, 3.8) is 0 Å². The second-order valence-electron chi connectivity index (χ2n) is 9.60. The minimum absolute atomic E-state index is 0.0246. The molecule has 2 aromatic carbocycles. The Morgan fingerprint density at radius 1 is 1.12 bits per heavy atom. The quantitative estimate of drug-likeness (QED) is 0.552. The van der Waals surface area contributed by atoms with E-state index >= 15 is 0 Å². The average molecular weight is 489 g/mol. The molecule has 0 aromatic heterocycles. The van der Waals surface area contributed by atoms with Crippen molar-refractivity contribution in [3.8, 4) is 0 Å². The Kier molecular flexibility index (Phi) is 7.70. The number of nitrogens with one attached hydrogen (secondary N) is 1. The standard InChI is InChI=1S/C25H36N4O2S2/c1-18(15-19-9-5-4-6-10-19)27-17-20-11-7-8-12-22(20)29-23-14-13-21(33(26,30)31)16-24(23)32-25(29)28(2)3/h7-8,11-14,16,18-19,25,27H,4-6,9-10,15,17H2,1-3H3,(H2,26,30,31). The topological polar surface area (TPSA) is 78.7 Å². The monoisotopic (exact) mass is 488 g/mol. The zero-order valence-corrected chi connectivity index (χ0v) is 21.5. The van der Waals surface area contributed by atoms with Crippen molar-refractivity contribution in [3.05, 3.63) is 48.0 Å². The summed E-state index contributed by atoms with van der Waals surface area (Å²) >= 11 is 1.65. The Bertz CT molecular complexity index is 1070. The Balaban J connectivity index is 1.57. The van der Waals surface area contributed by atoms with Gasteiger partial charge in [-0.2, -0.15) is 0 Å². The van der Waals surface area contributed by atoms with Crippen LogP contribution in [0.5, 0.6) is 0 Å². The molecule has 0 radical (unpaired) electrons. The van der Waals surface area contributed by atoms with Crippen molar-refractivity contribution < 1.29 is 8.42 Å². The lowest BCUT2D eigenvalue weighted by atomic mass is 9.85. The Labute approximate surface area is 203 Å². The van der Waals surface area contributed by atoms with E-state index in [9.17, 15) is 8.42 Å². The van der Waals surface area contributed by atoms with E-state index in [4.69, 9.17) is 5.14 Å². The second kappa shape index (κ2) is 10.4. The first-order valence-corrected chi connectivity index (χ1v) is 14.3. The lowest BCUT2D eigenvalue weighted by Gasteiger charge is -2.33. The van der Waals surface area contributed by atoms with Crippen LogP contribution in [-0.4, -0.2) is 39.0 Å². The normalized spacial score (nSPS) is 20.3. The number of thioether (sulfide) groups is 1. The van der Waals surface area contributed by atoms with E-state index in [0.29, 0.717) is 6.04 Å². The van der Waals surface area contributed by atoms with Gasteiger partial charge in [-0.05, 0) is 63.2 Å². The molecule has 1 aliphatic carbocycles. The summed E-state index contributed by atoms with van der Waals surface area (Å²) in [5, 5.41) is 9.14. The molecule has 1 saturated carbocycles. The van der Waals surface area contributed by atoms with E-state index in [1.165, 1.54) is 44.1 Å². The summed E-state index contributed by atoms with van der Waals surface area (Å²) in [4.78, 5) is 5.53. The molecule has 1 aliphatic heterocycles. The molecule has 0 spiro atoms. The average Bonchev–Trinajstić information content (AvgIpc) is 3.17. The van der Waals surface area contributed by atoms with Gasteiger partial charge in [0.15, 0.2) is 0 Å². The highest BCUT2D eigenvalue weighted by molar-refractivity contribution is 8.00. The van der Waals surface area contributed by atoms with Crippen LogP contribution in [0.3, 0.4) is 0 Å². The SMILES string of the molecule is CC(CC1CCCCC1)NCc1ccccc1N1c2ccc(S(N)(=O)=O)cc2SC1N(C)C. The van der Waals surface area contributed by atoms with Crippen molar-refractivity contribution in [2.75, 3.05) is 19.0 Å². The van der Waals surface area contributed by atoms with Gasteiger partial charge in [0.1, 0.15) is 5.50 Å². The van der Waals surface area contributed by atoms with Gasteiger partial charge in [-0.3, -0.25) is 4.90 Å². The number of primary sulfonamides is 1. The zero-order valence-electron chi connectivity index (χ0n) is 19.8. The maximum Gasteiger partial charge on any atom is 0.238 e. The highest BCUT2D eigenvalue weighted by Crippen LogP contribution is 2.49. The maximum absolute atomic E-state index is 11.9. The van der Waals surface area contributed by atoms with Crippen LogP contribution in [0.4, 0.5) is 11.4 Å². The van der Waals surface area contributed by atoms with Crippen LogP contribution in [0.25, 0.3) is 0 Å². The molecule has 2 aromatic rings. The van der Waals surface area contributed by atoms with Crippen molar-refractivity contribution in [2.24, 2.45) is 11.1 Å². The molecule has 4 rings (SSSR count).